The van der Waals surface area contributed by atoms with E-state index in [1.54, 1.807) is 7.11 Å². The monoisotopic (exact) mass is 234 g/mol. The Hall–Kier alpha value is -1.66. The molecule has 0 spiro atoms. The molecule has 0 aliphatic carbocycles. The molecule has 3 rings (SSSR count). The van der Waals surface area contributed by atoms with Gasteiger partial charge in [0.25, 0.3) is 0 Å². The number of fused-ring (bicyclic) bond motifs is 1. The highest BCUT2D eigenvalue weighted by molar-refractivity contribution is 5.53. The summed E-state index contributed by atoms with van der Waals surface area (Å²) in [5.41, 5.74) is 0.721. The zero-order valence-corrected chi connectivity index (χ0v) is 9.59. The van der Waals surface area contributed by atoms with Crippen LogP contribution in [0.3, 0.4) is 0 Å². The molecular weight excluding hydrogens is 220 g/mol. The summed E-state index contributed by atoms with van der Waals surface area (Å²) in [6.45, 7) is 2.35. The van der Waals surface area contributed by atoms with Crippen molar-refractivity contribution in [3.05, 3.63) is 24.2 Å². The Morgan fingerprint density at radius 2 is 2.47 bits per heavy atom. The molecule has 0 saturated carbocycles. The van der Waals surface area contributed by atoms with Crippen LogP contribution in [0.25, 0.3) is 5.65 Å². The van der Waals surface area contributed by atoms with Gasteiger partial charge < -0.3 is 14.8 Å². The number of hydrogen-bond donors (Lipinski definition) is 1. The van der Waals surface area contributed by atoms with Crippen molar-refractivity contribution >= 4 is 5.65 Å². The van der Waals surface area contributed by atoms with Crippen LogP contribution in [0.1, 0.15) is 11.9 Å². The largest absolute Gasteiger partial charge is 0.493 e. The summed E-state index contributed by atoms with van der Waals surface area (Å²) >= 11 is 0. The fraction of sp³-hybridized carbons (Fsp3) is 0.455. The number of nitrogens with zero attached hydrogens (tertiary/aromatic N) is 3. The molecule has 0 amide bonds. The molecule has 1 atom stereocenters. The Morgan fingerprint density at radius 3 is 3.24 bits per heavy atom. The molecule has 0 aromatic carbocycles. The van der Waals surface area contributed by atoms with Crippen molar-refractivity contribution in [1.82, 2.24) is 19.9 Å². The highest BCUT2D eigenvalue weighted by Gasteiger charge is 2.22. The maximum atomic E-state index is 5.68. The number of morpholine rings is 1. The van der Waals surface area contributed by atoms with Crippen molar-refractivity contribution < 1.29 is 9.47 Å². The average molecular weight is 234 g/mol. The van der Waals surface area contributed by atoms with Crippen LogP contribution in [0, 0.1) is 0 Å². The molecule has 6 nitrogen and oxygen atoms in total. The van der Waals surface area contributed by atoms with Gasteiger partial charge in [-0.1, -0.05) is 0 Å². The molecule has 0 radical (unpaired) electrons. The van der Waals surface area contributed by atoms with E-state index in [0.717, 1.165) is 30.3 Å². The number of hydrogen-bond acceptors (Lipinski definition) is 5. The van der Waals surface area contributed by atoms with Gasteiger partial charge in [-0.2, -0.15) is 0 Å². The fourth-order valence-corrected chi connectivity index (χ4v) is 2.02. The van der Waals surface area contributed by atoms with Gasteiger partial charge in [0, 0.05) is 19.3 Å². The van der Waals surface area contributed by atoms with Crippen molar-refractivity contribution in [2.24, 2.45) is 0 Å². The lowest BCUT2D eigenvalue weighted by Crippen LogP contribution is -2.34. The zero-order valence-electron chi connectivity index (χ0n) is 9.59. The molecule has 1 unspecified atom stereocenters. The van der Waals surface area contributed by atoms with Crippen LogP contribution in [0.5, 0.6) is 5.75 Å². The number of aromatic nitrogens is 3. The van der Waals surface area contributed by atoms with Gasteiger partial charge in [0.1, 0.15) is 6.10 Å². The van der Waals surface area contributed by atoms with Gasteiger partial charge in [0.15, 0.2) is 11.6 Å². The Morgan fingerprint density at radius 1 is 1.53 bits per heavy atom. The molecule has 1 N–H and O–H groups in total. The lowest BCUT2D eigenvalue weighted by molar-refractivity contribution is 0.0215. The van der Waals surface area contributed by atoms with Gasteiger partial charge in [-0.05, 0) is 12.1 Å². The second kappa shape index (κ2) is 4.31. The molecule has 1 aliphatic heterocycles. The average Bonchev–Trinajstić information content (AvgIpc) is 2.83. The minimum absolute atomic E-state index is 0.0501. The predicted molar refractivity (Wildman–Crippen MR) is 61.1 cm³/mol. The first kappa shape index (κ1) is 10.5. The Bertz CT molecular complexity index is 519. The molecular formula is C11H14N4O2. The number of methoxy groups -OCH3 is 1. The molecule has 1 saturated heterocycles. The van der Waals surface area contributed by atoms with Crippen LogP contribution in [0.4, 0.5) is 0 Å². The molecule has 17 heavy (non-hydrogen) atoms. The summed E-state index contributed by atoms with van der Waals surface area (Å²) in [6, 6.07) is 3.78. The van der Waals surface area contributed by atoms with Crippen LogP contribution in [0.2, 0.25) is 0 Å². The molecule has 1 fully saturated rings. The highest BCUT2D eigenvalue weighted by Crippen LogP contribution is 2.22. The van der Waals surface area contributed by atoms with E-state index in [-0.39, 0.29) is 6.10 Å². The number of nitrogens with one attached hydrogen (secondary N) is 1. The molecule has 2 aromatic heterocycles. The van der Waals surface area contributed by atoms with Gasteiger partial charge in [-0.15, -0.1) is 10.2 Å². The Balaban J connectivity index is 2.05. The quantitative estimate of drug-likeness (QED) is 0.815. The number of ether oxygens (including phenoxy) is 2. The SMILES string of the molecule is COc1cccn2c(C3CNCCO3)nnc12. The van der Waals surface area contributed by atoms with E-state index in [1.165, 1.54) is 0 Å². The van der Waals surface area contributed by atoms with Crippen LogP contribution in [-0.2, 0) is 4.74 Å². The summed E-state index contributed by atoms with van der Waals surface area (Å²) in [4.78, 5) is 0. The maximum Gasteiger partial charge on any atom is 0.203 e. The van der Waals surface area contributed by atoms with Gasteiger partial charge >= 0.3 is 0 Å². The molecule has 6 heteroatoms. The van der Waals surface area contributed by atoms with Gasteiger partial charge in [-0.3, -0.25) is 4.40 Å². The standard InChI is InChI=1S/C11H14N4O2/c1-16-8-3-2-5-15-10(8)13-14-11(15)9-7-12-4-6-17-9/h2-3,5,9,12H,4,6-7H2,1H3. The van der Waals surface area contributed by atoms with Crippen molar-refractivity contribution in [3.8, 4) is 5.75 Å². The van der Waals surface area contributed by atoms with Crippen LogP contribution in [-0.4, -0.2) is 41.4 Å². The Kier molecular flexibility index (Phi) is 2.66. The molecule has 1 aliphatic rings. The van der Waals surface area contributed by atoms with Crippen LogP contribution < -0.4 is 10.1 Å². The van der Waals surface area contributed by atoms with Crippen LogP contribution in [0.15, 0.2) is 18.3 Å². The lowest BCUT2D eigenvalue weighted by atomic mass is 10.3. The number of rotatable bonds is 2. The lowest BCUT2D eigenvalue weighted by Gasteiger charge is -2.22. The predicted octanol–water partition coefficient (Wildman–Crippen LogP) is 0.399. The molecule has 0 bridgehead atoms. The maximum absolute atomic E-state index is 5.68. The normalized spacial score (nSPS) is 20.6. The van der Waals surface area contributed by atoms with Crippen molar-refractivity contribution in [2.45, 2.75) is 6.10 Å². The van der Waals surface area contributed by atoms with Gasteiger partial charge in [0.2, 0.25) is 5.65 Å². The van der Waals surface area contributed by atoms with Gasteiger partial charge in [0.05, 0.1) is 13.7 Å². The zero-order chi connectivity index (χ0) is 11.7. The topological polar surface area (TPSA) is 60.7 Å². The summed E-state index contributed by atoms with van der Waals surface area (Å²) in [5, 5.41) is 11.6. The summed E-state index contributed by atoms with van der Waals surface area (Å²) in [5.74, 6) is 1.53. The highest BCUT2D eigenvalue weighted by atomic mass is 16.5. The minimum Gasteiger partial charge on any atom is -0.493 e. The van der Waals surface area contributed by atoms with E-state index < -0.39 is 0 Å². The summed E-state index contributed by atoms with van der Waals surface area (Å²) in [7, 11) is 1.63. The van der Waals surface area contributed by atoms with Crippen molar-refractivity contribution in [2.75, 3.05) is 26.8 Å². The third-order valence-corrected chi connectivity index (χ3v) is 2.86. The van der Waals surface area contributed by atoms with E-state index >= 15 is 0 Å². The first-order chi connectivity index (χ1) is 8.40. The van der Waals surface area contributed by atoms with Crippen molar-refractivity contribution in [3.63, 3.8) is 0 Å². The van der Waals surface area contributed by atoms with E-state index in [4.69, 9.17) is 9.47 Å². The van der Waals surface area contributed by atoms with E-state index in [9.17, 15) is 0 Å². The van der Waals surface area contributed by atoms with E-state index in [2.05, 4.69) is 15.5 Å². The second-order valence-electron chi connectivity index (χ2n) is 3.89. The van der Waals surface area contributed by atoms with E-state index in [0.29, 0.717) is 6.61 Å². The van der Waals surface area contributed by atoms with Crippen molar-refractivity contribution in [1.29, 1.82) is 0 Å². The summed E-state index contributed by atoms with van der Waals surface area (Å²) in [6.07, 6.45) is 1.87. The first-order valence-electron chi connectivity index (χ1n) is 5.60. The van der Waals surface area contributed by atoms with Gasteiger partial charge in [-0.25, -0.2) is 0 Å². The second-order valence-corrected chi connectivity index (χ2v) is 3.89. The molecule has 3 heterocycles. The number of pyridine rings is 1. The first-order valence-corrected chi connectivity index (χ1v) is 5.60. The molecule has 2 aromatic rings. The summed E-state index contributed by atoms with van der Waals surface area (Å²) < 4.78 is 12.8. The Labute approximate surface area is 98.6 Å². The van der Waals surface area contributed by atoms with Crippen LogP contribution >= 0.6 is 0 Å². The molecule has 90 valence electrons. The van der Waals surface area contributed by atoms with E-state index in [1.807, 2.05) is 22.7 Å². The third-order valence-electron chi connectivity index (χ3n) is 2.86. The minimum atomic E-state index is -0.0501. The third kappa shape index (κ3) is 1.75. The smallest absolute Gasteiger partial charge is 0.203 e. The fourth-order valence-electron chi connectivity index (χ4n) is 2.02.